The number of halogens is 1. The second kappa shape index (κ2) is 6.91. The van der Waals surface area contributed by atoms with Crippen LogP contribution in [0.1, 0.15) is 25.5 Å². The van der Waals surface area contributed by atoms with Crippen molar-refractivity contribution < 1.29 is 12.9 Å². The van der Waals surface area contributed by atoms with E-state index in [1.54, 1.807) is 6.07 Å². The van der Waals surface area contributed by atoms with Gasteiger partial charge in [0, 0.05) is 6.04 Å². The molecule has 0 aromatic carbocycles. The molecule has 7 nitrogen and oxygen atoms in total. The molecule has 0 amide bonds. The van der Waals surface area contributed by atoms with Crippen molar-refractivity contribution in [3.63, 3.8) is 0 Å². The lowest BCUT2D eigenvalue weighted by atomic mass is 10.1. The molecule has 0 atom stereocenters. The topological polar surface area (TPSA) is 97.1 Å². The third-order valence-electron chi connectivity index (χ3n) is 3.69. The molecular formula is C13H19ClN4O3S. The monoisotopic (exact) mass is 346 g/mol. The van der Waals surface area contributed by atoms with E-state index >= 15 is 0 Å². The van der Waals surface area contributed by atoms with Gasteiger partial charge in [0.05, 0.1) is 17.3 Å². The Kier molecular flexibility index (Phi) is 5.38. The lowest BCUT2D eigenvalue weighted by Gasteiger charge is -2.23. The summed E-state index contributed by atoms with van der Waals surface area (Å²) in [4.78, 5) is 4.21. The molecule has 3 rings (SSSR count). The highest BCUT2D eigenvalue weighted by atomic mass is 35.5. The summed E-state index contributed by atoms with van der Waals surface area (Å²) in [6.07, 6.45) is 3.57. The summed E-state index contributed by atoms with van der Waals surface area (Å²) in [5, 5.41) is 7.76. The third-order valence-corrected chi connectivity index (χ3v) is 5.17. The molecule has 2 N–H and O–H groups in total. The van der Waals surface area contributed by atoms with Crippen molar-refractivity contribution in [3.8, 4) is 0 Å². The Morgan fingerprint density at radius 1 is 1.41 bits per heavy atom. The van der Waals surface area contributed by atoms with Crippen LogP contribution >= 0.6 is 12.4 Å². The number of rotatable bonds is 4. The average molecular weight is 347 g/mol. The summed E-state index contributed by atoms with van der Waals surface area (Å²) in [6.45, 7) is 3.60. The van der Waals surface area contributed by atoms with E-state index in [4.69, 9.17) is 4.52 Å². The van der Waals surface area contributed by atoms with E-state index < -0.39 is 10.0 Å². The Labute approximate surface area is 135 Å². The first kappa shape index (κ1) is 17.1. The summed E-state index contributed by atoms with van der Waals surface area (Å²) in [6, 6.07) is 1.56. The molecule has 1 aliphatic heterocycles. The van der Waals surface area contributed by atoms with Crippen molar-refractivity contribution in [2.75, 3.05) is 13.1 Å². The van der Waals surface area contributed by atoms with Crippen LogP contribution in [0.4, 0.5) is 0 Å². The molecule has 3 heterocycles. The SMILES string of the molecule is CCc1noc2ncc(S(=O)(=O)NC3CCNCC3)cc12.Cl. The molecule has 0 bridgehead atoms. The van der Waals surface area contributed by atoms with Crippen LogP contribution in [-0.2, 0) is 16.4 Å². The maximum atomic E-state index is 12.4. The standard InChI is InChI=1S/C13H18N4O3S.ClH/c1-2-12-11-7-10(8-15-13(11)20-16-12)21(18,19)17-9-3-5-14-6-4-9;/h7-9,14,17H,2-6H2,1H3;1H. The van der Waals surface area contributed by atoms with Crippen LogP contribution in [0, 0.1) is 0 Å². The zero-order valence-electron chi connectivity index (χ0n) is 12.2. The van der Waals surface area contributed by atoms with E-state index in [9.17, 15) is 8.42 Å². The van der Waals surface area contributed by atoms with Crippen molar-refractivity contribution in [1.29, 1.82) is 0 Å². The Morgan fingerprint density at radius 2 is 2.14 bits per heavy atom. The quantitative estimate of drug-likeness (QED) is 0.864. The van der Waals surface area contributed by atoms with Crippen LogP contribution in [0.25, 0.3) is 11.1 Å². The molecule has 2 aromatic rings. The van der Waals surface area contributed by atoms with Crippen molar-refractivity contribution in [1.82, 2.24) is 20.2 Å². The lowest BCUT2D eigenvalue weighted by Crippen LogP contribution is -2.42. The Morgan fingerprint density at radius 3 is 2.82 bits per heavy atom. The largest absolute Gasteiger partial charge is 0.336 e. The highest BCUT2D eigenvalue weighted by molar-refractivity contribution is 7.89. The summed E-state index contributed by atoms with van der Waals surface area (Å²) in [7, 11) is -3.56. The fourth-order valence-electron chi connectivity index (χ4n) is 2.49. The van der Waals surface area contributed by atoms with Gasteiger partial charge in [-0.2, -0.15) is 0 Å². The fraction of sp³-hybridized carbons (Fsp3) is 0.538. The first-order chi connectivity index (χ1) is 10.1. The van der Waals surface area contributed by atoms with Gasteiger partial charge in [-0.15, -0.1) is 12.4 Å². The van der Waals surface area contributed by atoms with Gasteiger partial charge in [-0.05, 0) is 38.4 Å². The molecule has 122 valence electrons. The molecule has 0 radical (unpaired) electrons. The maximum Gasteiger partial charge on any atom is 0.258 e. The van der Waals surface area contributed by atoms with E-state index in [0.29, 0.717) is 17.5 Å². The summed E-state index contributed by atoms with van der Waals surface area (Å²) < 4.78 is 32.7. The number of nitrogens with one attached hydrogen (secondary N) is 2. The number of hydrogen-bond donors (Lipinski definition) is 2. The van der Waals surface area contributed by atoms with Crippen LogP contribution in [-0.4, -0.2) is 37.7 Å². The molecule has 0 aliphatic carbocycles. The van der Waals surface area contributed by atoms with E-state index in [-0.39, 0.29) is 23.3 Å². The van der Waals surface area contributed by atoms with E-state index in [2.05, 4.69) is 20.2 Å². The Bertz CT molecular complexity index is 741. The molecule has 9 heteroatoms. The smallest absolute Gasteiger partial charge is 0.258 e. The van der Waals surface area contributed by atoms with E-state index in [0.717, 1.165) is 31.6 Å². The van der Waals surface area contributed by atoms with E-state index in [1.807, 2.05) is 6.92 Å². The third kappa shape index (κ3) is 3.40. The molecule has 1 aliphatic rings. The van der Waals surface area contributed by atoms with Crippen LogP contribution in [0.3, 0.4) is 0 Å². The molecule has 0 unspecified atom stereocenters. The Balaban J connectivity index is 0.00000176. The number of hydrogen-bond acceptors (Lipinski definition) is 6. The lowest BCUT2D eigenvalue weighted by molar-refractivity contribution is 0.427. The van der Waals surface area contributed by atoms with Crippen LogP contribution in [0.5, 0.6) is 0 Å². The van der Waals surface area contributed by atoms with Gasteiger partial charge >= 0.3 is 0 Å². The fourth-order valence-corrected chi connectivity index (χ4v) is 3.76. The second-order valence-electron chi connectivity index (χ2n) is 5.15. The predicted molar refractivity (Wildman–Crippen MR) is 84.6 cm³/mol. The second-order valence-corrected chi connectivity index (χ2v) is 6.87. The molecular weight excluding hydrogens is 328 g/mol. The van der Waals surface area contributed by atoms with Crippen LogP contribution < -0.4 is 10.0 Å². The number of piperidine rings is 1. The molecule has 22 heavy (non-hydrogen) atoms. The average Bonchev–Trinajstić information content (AvgIpc) is 2.90. The molecule has 1 fully saturated rings. The van der Waals surface area contributed by atoms with E-state index in [1.165, 1.54) is 6.20 Å². The number of sulfonamides is 1. The zero-order chi connectivity index (χ0) is 14.9. The zero-order valence-corrected chi connectivity index (χ0v) is 13.8. The van der Waals surface area contributed by atoms with Gasteiger partial charge in [-0.1, -0.05) is 12.1 Å². The number of aryl methyl sites for hydroxylation is 1. The first-order valence-electron chi connectivity index (χ1n) is 7.07. The molecule has 0 spiro atoms. The minimum absolute atomic E-state index is 0. The van der Waals surface area contributed by atoms with Gasteiger partial charge in [-0.25, -0.2) is 18.1 Å². The molecule has 0 saturated carbocycles. The predicted octanol–water partition coefficient (Wildman–Crippen LogP) is 1.24. The molecule has 2 aromatic heterocycles. The van der Waals surface area contributed by atoms with Crippen molar-refractivity contribution >= 4 is 33.5 Å². The highest BCUT2D eigenvalue weighted by Crippen LogP contribution is 2.21. The minimum atomic E-state index is -3.56. The minimum Gasteiger partial charge on any atom is -0.336 e. The van der Waals surface area contributed by atoms with Crippen molar-refractivity contribution in [2.45, 2.75) is 37.1 Å². The van der Waals surface area contributed by atoms with Gasteiger partial charge in [-0.3, -0.25) is 0 Å². The summed E-state index contributed by atoms with van der Waals surface area (Å²) in [5.74, 6) is 0. The summed E-state index contributed by atoms with van der Waals surface area (Å²) >= 11 is 0. The number of aromatic nitrogens is 2. The van der Waals surface area contributed by atoms with Crippen molar-refractivity contribution in [3.05, 3.63) is 18.0 Å². The highest BCUT2D eigenvalue weighted by Gasteiger charge is 2.23. The first-order valence-corrected chi connectivity index (χ1v) is 8.56. The van der Waals surface area contributed by atoms with Gasteiger partial charge in [0.1, 0.15) is 4.90 Å². The molecule has 1 saturated heterocycles. The normalized spacial score (nSPS) is 16.6. The van der Waals surface area contributed by atoms with Crippen molar-refractivity contribution in [2.24, 2.45) is 0 Å². The maximum absolute atomic E-state index is 12.4. The summed E-state index contributed by atoms with van der Waals surface area (Å²) in [5.41, 5.74) is 1.09. The number of nitrogens with zero attached hydrogens (tertiary/aromatic N) is 2. The number of fused-ring (bicyclic) bond motifs is 1. The van der Waals surface area contributed by atoms with Gasteiger partial charge in [0.25, 0.3) is 5.71 Å². The van der Waals surface area contributed by atoms with Crippen LogP contribution in [0.15, 0.2) is 21.7 Å². The Hall–Kier alpha value is -1.22. The number of pyridine rings is 1. The van der Waals surface area contributed by atoms with Crippen LogP contribution in [0.2, 0.25) is 0 Å². The van der Waals surface area contributed by atoms with Gasteiger partial charge in [0.15, 0.2) is 0 Å². The van der Waals surface area contributed by atoms with Gasteiger partial charge < -0.3 is 9.84 Å². The van der Waals surface area contributed by atoms with Gasteiger partial charge in [0.2, 0.25) is 10.0 Å².